The topological polar surface area (TPSA) is 84.6 Å². The molecule has 2 atom stereocenters. The molecule has 2 aromatic carbocycles. The first-order valence-electron chi connectivity index (χ1n) is 9.72. The van der Waals surface area contributed by atoms with Crippen molar-refractivity contribution in [1.82, 2.24) is 5.32 Å². The monoisotopic (exact) mass is 422 g/mol. The van der Waals surface area contributed by atoms with Crippen LogP contribution in [0, 0.1) is 11.7 Å². The van der Waals surface area contributed by atoms with E-state index < -0.39 is 0 Å². The van der Waals surface area contributed by atoms with Gasteiger partial charge in [-0.1, -0.05) is 35.9 Å². The van der Waals surface area contributed by atoms with Crippen molar-refractivity contribution >= 4 is 17.6 Å². The van der Waals surface area contributed by atoms with Crippen LogP contribution < -0.4 is 11.1 Å². The Balaban J connectivity index is 2.00. The first-order chi connectivity index (χ1) is 13.9. The molecule has 2 aromatic rings. The number of rotatable bonds is 11. The van der Waals surface area contributed by atoms with Crippen LogP contribution in [-0.4, -0.2) is 43.4 Å². The fraction of sp³-hybridized carbons (Fsp3) is 0.409. The van der Waals surface area contributed by atoms with Crippen molar-refractivity contribution in [2.45, 2.75) is 25.8 Å². The van der Waals surface area contributed by atoms with Gasteiger partial charge in [0.15, 0.2) is 0 Å². The van der Waals surface area contributed by atoms with E-state index >= 15 is 0 Å². The van der Waals surface area contributed by atoms with E-state index in [4.69, 9.17) is 27.2 Å². The van der Waals surface area contributed by atoms with Crippen LogP contribution in [0.2, 0.25) is 5.02 Å². The number of aliphatic hydroxyl groups excluding tert-OH is 1. The third kappa shape index (κ3) is 7.40. The van der Waals surface area contributed by atoms with E-state index in [0.29, 0.717) is 43.1 Å². The summed E-state index contributed by atoms with van der Waals surface area (Å²) >= 11 is 5.97. The van der Waals surface area contributed by atoms with Crippen LogP contribution in [0.1, 0.15) is 18.9 Å². The highest BCUT2D eigenvalue weighted by Crippen LogP contribution is 2.26. The Morgan fingerprint density at radius 1 is 1.28 bits per heavy atom. The molecule has 0 aliphatic rings. The lowest BCUT2D eigenvalue weighted by Gasteiger charge is -2.20. The van der Waals surface area contributed by atoms with Crippen molar-refractivity contribution in [1.29, 1.82) is 0 Å². The first-order valence-corrected chi connectivity index (χ1v) is 10.1. The SMILES string of the molecule is CCOC(=O)C(CNCCO)C[C@H](N)Cc1ccc(-c2cc(Cl)ccc2F)cc1. The Morgan fingerprint density at radius 2 is 2.00 bits per heavy atom. The molecule has 0 aliphatic heterocycles. The maximum atomic E-state index is 14.0. The lowest BCUT2D eigenvalue weighted by molar-refractivity contribution is -0.148. The molecule has 29 heavy (non-hydrogen) atoms. The van der Waals surface area contributed by atoms with Gasteiger partial charge in [0.05, 0.1) is 19.1 Å². The van der Waals surface area contributed by atoms with E-state index in [1.54, 1.807) is 13.0 Å². The van der Waals surface area contributed by atoms with Gasteiger partial charge in [0.2, 0.25) is 0 Å². The van der Waals surface area contributed by atoms with Gasteiger partial charge < -0.3 is 20.9 Å². The second kappa shape index (κ2) is 11.9. The molecule has 0 heterocycles. The van der Waals surface area contributed by atoms with Crippen LogP contribution in [0.4, 0.5) is 4.39 Å². The summed E-state index contributed by atoms with van der Waals surface area (Å²) in [6.07, 6.45) is 1.04. The van der Waals surface area contributed by atoms with Crippen LogP contribution in [0.5, 0.6) is 0 Å². The molecule has 7 heteroatoms. The highest BCUT2D eigenvalue weighted by Gasteiger charge is 2.22. The summed E-state index contributed by atoms with van der Waals surface area (Å²) in [4.78, 5) is 12.2. The first kappa shape index (κ1) is 23.3. The zero-order valence-corrected chi connectivity index (χ0v) is 17.3. The van der Waals surface area contributed by atoms with Gasteiger partial charge in [0.25, 0.3) is 0 Å². The zero-order valence-electron chi connectivity index (χ0n) is 16.5. The number of hydrogen-bond donors (Lipinski definition) is 3. The smallest absolute Gasteiger partial charge is 0.310 e. The molecule has 5 nitrogen and oxygen atoms in total. The molecule has 0 amide bonds. The third-order valence-electron chi connectivity index (χ3n) is 4.58. The van der Waals surface area contributed by atoms with Crippen molar-refractivity contribution in [3.05, 3.63) is 58.9 Å². The molecule has 2 rings (SSSR count). The molecule has 0 saturated carbocycles. The summed E-state index contributed by atoms with van der Waals surface area (Å²) in [7, 11) is 0. The summed E-state index contributed by atoms with van der Waals surface area (Å²) in [5.41, 5.74) is 8.46. The minimum atomic E-state index is -0.378. The van der Waals surface area contributed by atoms with Gasteiger partial charge in [-0.25, -0.2) is 4.39 Å². The number of benzene rings is 2. The molecule has 158 valence electrons. The molecule has 1 unspecified atom stereocenters. The number of esters is 1. The van der Waals surface area contributed by atoms with Gasteiger partial charge in [0, 0.05) is 29.7 Å². The minimum absolute atomic E-state index is 0.00116. The number of carbonyl (C=O) groups excluding carboxylic acids is 1. The second-order valence-electron chi connectivity index (χ2n) is 6.90. The fourth-order valence-corrected chi connectivity index (χ4v) is 3.34. The highest BCUT2D eigenvalue weighted by atomic mass is 35.5. The van der Waals surface area contributed by atoms with Crippen LogP contribution in [0.3, 0.4) is 0 Å². The highest BCUT2D eigenvalue weighted by molar-refractivity contribution is 6.30. The molecule has 4 N–H and O–H groups in total. The van der Waals surface area contributed by atoms with Crippen molar-refractivity contribution in [3.8, 4) is 11.1 Å². The number of nitrogens with two attached hydrogens (primary N) is 1. The number of ether oxygens (including phenoxy) is 1. The van der Waals surface area contributed by atoms with Gasteiger partial charge in [-0.2, -0.15) is 0 Å². The number of hydrogen-bond acceptors (Lipinski definition) is 5. The molecule has 0 aliphatic carbocycles. The number of aliphatic hydroxyl groups is 1. The van der Waals surface area contributed by atoms with Crippen molar-refractivity contribution in [2.75, 3.05) is 26.3 Å². The standard InChI is InChI=1S/C22H28ClFN2O3/c1-2-29-22(28)17(14-26-9-10-27)12-19(25)11-15-3-5-16(6-4-15)20-13-18(23)7-8-21(20)24/h3-8,13,17,19,26-27H,2,9-12,14,25H2,1H3/t17?,19-/m1/s1. The summed E-state index contributed by atoms with van der Waals surface area (Å²) in [6.45, 7) is 2.89. The van der Waals surface area contributed by atoms with E-state index in [9.17, 15) is 9.18 Å². The lowest BCUT2D eigenvalue weighted by atomic mass is 9.94. The summed E-state index contributed by atoms with van der Waals surface area (Å²) in [6, 6.07) is 11.7. The van der Waals surface area contributed by atoms with Crippen molar-refractivity contribution in [2.24, 2.45) is 11.7 Å². The summed E-state index contributed by atoms with van der Waals surface area (Å²) < 4.78 is 19.2. The van der Waals surface area contributed by atoms with Crippen molar-refractivity contribution < 1.29 is 19.0 Å². The quantitative estimate of drug-likeness (QED) is 0.382. The predicted octanol–water partition coefficient (Wildman–Crippen LogP) is 3.17. The largest absolute Gasteiger partial charge is 0.466 e. The molecule has 0 fully saturated rings. The van der Waals surface area contributed by atoms with Crippen LogP contribution in [0.25, 0.3) is 11.1 Å². The molecule has 0 aromatic heterocycles. The number of halogens is 2. The van der Waals surface area contributed by atoms with E-state index in [1.165, 1.54) is 12.1 Å². The maximum absolute atomic E-state index is 14.0. The van der Waals surface area contributed by atoms with Crippen LogP contribution in [0.15, 0.2) is 42.5 Å². The van der Waals surface area contributed by atoms with E-state index in [1.807, 2.05) is 24.3 Å². The molecular formula is C22H28ClFN2O3. The summed E-state index contributed by atoms with van der Waals surface area (Å²) in [5, 5.41) is 12.4. The zero-order chi connectivity index (χ0) is 21.2. The van der Waals surface area contributed by atoms with E-state index in [2.05, 4.69) is 5.32 Å². The van der Waals surface area contributed by atoms with Gasteiger partial charge in [-0.05, 0) is 49.1 Å². The minimum Gasteiger partial charge on any atom is -0.466 e. The van der Waals surface area contributed by atoms with Gasteiger partial charge in [0.1, 0.15) is 5.82 Å². The Morgan fingerprint density at radius 3 is 2.66 bits per heavy atom. The Kier molecular flexibility index (Phi) is 9.54. The average molecular weight is 423 g/mol. The van der Waals surface area contributed by atoms with Gasteiger partial charge in [-0.15, -0.1) is 0 Å². The van der Waals surface area contributed by atoms with Gasteiger partial charge in [-0.3, -0.25) is 4.79 Å². The lowest BCUT2D eigenvalue weighted by Crippen LogP contribution is -2.37. The fourth-order valence-electron chi connectivity index (χ4n) is 3.17. The van der Waals surface area contributed by atoms with E-state index in [-0.39, 0.29) is 30.4 Å². The van der Waals surface area contributed by atoms with Crippen LogP contribution >= 0.6 is 11.6 Å². The predicted molar refractivity (Wildman–Crippen MR) is 113 cm³/mol. The Bertz CT molecular complexity index is 786. The average Bonchev–Trinajstić information content (AvgIpc) is 2.70. The normalized spacial score (nSPS) is 13.1. The maximum Gasteiger partial charge on any atom is 0.310 e. The van der Waals surface area contributed by atoms with Crippen molar-refractivity contribution in [3.63, 3.8) is 0 Å². The molecule has 0 radical (unpaired) electrons. The Hall–Kier alpha value is -1.99. The van der Waals surface area contributed by atoms with Gasteiger partial charge >= 0.3 is 5.97 Å². The number of nitrogens with one attached hydrogen (secondary N) is 1. The van der Waals surface area contributed by atoms with E-state index in [0.717, 1.165) is 11.1 Å². The Labute approximate surface area is 176 Å². The second-order valence-corrected chi connectivity index (χ2v) is 7.33. The molecule has 0 saturated heterocycles. The molecule has 0 bridgehead atoms. The molecule has 0 spiro atoms. The third-order valence-corrected chi connectivity index (χ3v) is 4.81. The summed E-state index contributed by atoms with van der Waals surface area (Å²) in [5.74, 6) is -0.997. The molecular weight excluding hydrogens is 395 g/mol. The number of carbonyl (C=O) groups is 1. The van der Waals surface area contributed by atoms with Crippen LogP contribution in [-0.2, 0) is 16.0 Å².